The minimum atomic E-state index is -4.78. The molecule has 41 heavy (non-hydrogen) atoms. The number of aromatic nitrogens is 4. The maximum Gasteiger partial charge on any atom is 0.435 e. The molecule has 1 atom stereocenters. The molecule has 222 valence electrons. The number of rotatable bonds is 10. The lowest BCUT2D eigenvalue weighted by atomic mass is 9.90. The Labute approximate surface area is 238 Å². The van der Waals surface area contributed by atoms with Gasteiger partial charge in [0.05, 0.1) is 35.1 Å². The van der Waals surface area contributed by atoms with E-state index < -0.39 is 37.1 Å². The highest BCUT2D eigenvalue weighted by molar-refractivity contribution is 6.76. The van der Waals surface area contributed by atoms with Crippen LogP contribution in [0.15, 0.2) is 42.9 Å². The van der Waals surface area contributed by atoms with Crippen molar-refractivity contribution < 1.29 is 27.8 Å². The first-order valence-corrected chi connectivity index (χ1v) is 17.2. The zero-order valence-electron chi connectivity index (χ0n) is 24.0. The average molecular weight is 591 g/mol. The molecule has 9 nitrogen and oxygen atoms in total. The molecule has 1 aliphatic rings. The monoisotopic (exact) mass is 590 g/mol. The Morgan fingerprint density at radius 2 is 1.98 bits per heavy atom. The maximum absolute atomic E-state index is 13.8. The second kappa shape index (κ2) is 11.9. The Morgan fingerprint density at radius 3 is 2.63 bits per heavy atom. The van der Waals surface area contributed by atoms with Gasteiger partial charge in [-0.15, -0.1) is 0 Å². The summed E-state index contributed by atoms with van der Waals surface area (Å²) in [6, 6.07) is 7.05. The van der Waals surface area contributed by atoms with Gasteiger partial charge in [-0.3, -0.25) is 4.79 Å². The summed E-state index contributed by atoms with van der Waals surface area (Å²) in [6.07, 6.45) is 0.395. The number of amides is 1. The summed E-state index contributed by atoms with van der Waals surface area (Å²) >= 11 is 0. The summed E-state index contributed by atoms with van der Waals surface area (Å²) < 4.78 is 48.7. The van der Waals surface area contributed by atoms with Crippen LogP contribution in [0, 0.1) is 5.92 Å². The molecule has 2 N–H and O–H groups in total. The van der Waals surface area contributed by atoms with E-state index in [2.05, 4.69) is 40.0 Å². The fourth-order valence-corrected chi connectivity index (χ4v) is 5.29. The smallest absolute Gasteiger partial charge is 0.390 e. The van der Waals surface area contributed by atoms with E-state index in [1.807, 2.05) is 4.90 Å². The number of aliphatic hydroxyl groups is 1. The van der Waals surface area contributed by atoms with E-state index in [1.165, 1.54) is 12.1 Å². The number of halogens is 3. The number of carbonyl (C=O) groups is 1. The molecule has 1 fully saturated rings. The van der Waals surface area contributed by atoms with Gasteiger partial charge in [-0.05, 0) is 44.5 Å². The van der Waals surface area contributed by atoms with Gasteiger partial charge in [-0.2, -0.15) is 18.3 Å². The summed E-state index contributed by atoms with van der Waals surface area (Å²) in [4.78, 5) is 23.0. The minimum Gasteiger partial charge on any atom is -0.390 e. The van der Waals surface area contributed by atoms with E-state index in [0.717, 1.165) is 12.2 Å². The van der Waals surface area contributed by atoms with Gasteiger partial charge >= 0.3 is 6.18 Å². The van der Waals surface area contributed by atoms with Crippen molar-refractivity contribution in [2.75, 3.05) is 29.9 Å². The molecule has 13 heteroatoms. The molecule has 0 bridgehead atoms. The molecule has 1 saturated heterocycles. The number of carbonyl (C=O) groups excluding carboxylic acids is 1. The maximum atomic E-state index is 13.8. The zero-order chi connectivity index (χ0) is 30.0. The zero-order valence-corrected chi connectivity index (χ0v) is 25.0. The van der Waals surface area contributed by atoms with Gasteiger partial charge in [0.1, 0.15) is 12.4 Å². The van der Waals surface area contributed by atoms with Crippen LogP contribution in [0.4, 0.5) is 24.5 Å². The fraction of sp³-hybridized carbons (Fsp3) is 0.500. The van der Waals surface area contributed by atoms with Crippen molar-refractivity contribution in [1.82, 2.24) is 19.7 Å². The van der Waals surface area contributed by atoms with Crippen LogP contribution in [0.2, 0.25) is 25.7 Å². The summed E-state index contributed by atoms with van der Waals surface area (Å²) in [6.45, 7) is 12.2. The van der Waals surface area contributed by atoms with E-state index in [4.69, 9.17) is 4.74 Å². The second-order valence-electron chi connectivity index (χ2n) is 12.2. The van der Waals surface area contributed by atoms with Crippen LogP contribution in [0.25, 0.3) is 11.3 Å². The molecule has 1 amide bonds. The number of nitrogens with zero attached hydrogens (tertiary/aromatic N) is 5. The molecule has 0 saturated carbocycles. The van der Waals surface area contributed by atoms with Crippen molar-refractivity contribution in [3.8, 4) is 11.3 Å². The van der Waals surface area contributed by atoms with E-state index in [9.17, 15) is 23.1 Å². The first-order valence-electron chi connectivity index (χ1n) is 13.5. The predicted octanol–water partition coefficient (Wildman–Crippen LogP) is 5.52. The van der Waals surface area contributed by atoms with Crippen molar-refractivity contribution in [3.05, 3.63) is 54.2 Å². The van der Waals surface area contributed by atoms with Crippen molar-refractivity contribution in [2.24, 2.45) is 5.92 Å². The molecule has 4 heterocycles. The topological polar surface area (TPSA) is 105 Å². The van der Waals surface area contributed by atoms with Crippen molar-refractivity contribution in [3.63, 3.8) is 0 Å². The number of pyridine rings is 2. The van der Waals surface area contributed by atoms with Crippen LogP contribution < -0.4 is 10.2 Å². The van der Waals surface area contributed by atoms with Crippen LogP contribution in [0.1, 0.15) is 36.5 Å². The van der Waals surface area contributed by atoms with Gasteiger partial charge in [0.2, 0.25) is 0 Å². The fourth-order valence-electron chi connectivity index (χ4n) is 4.53. The Hall–Kier alpha value is -3.29. The van der Waals surface area contributed by atoms with E-state index >= 15 is 0 Å². The summed E-state index contributed by atoms with van der Waals surface area (Å²) in [5, 5.41) is 17.0. The highest BCUT2D eigenvalue weighted by atomic mass is 28.3. The molecule has 0 aromatic carbocycles. The Bertz CT molecular complexity index is 1370. The summed E-state index contributed by atoms with van der Waals surface area (Å²) in [7, 11) is -1.20. The summed E-state index contributed by atoms with van der Waals surface area (Å²) in [5.41, 5.74) is -1.10. The lowest BCUT2D eigenvalue weighted by Crippen LogP contribution is -2.33. The molecular weight excluding hydrogens is 553 g/mol. The number of anilines is 2. The third kappa shape index (κ3) is 8.14. The van der Waals surface area contributed by atoms with Crippen molar-refractivity contribution >= 4 is 25.4 Å². The van der Waals surface area contributed by atoms with Crippen LogP contribution >= 0.6 is 0 Å². The van der Waals surface area contributed by atoms with Crippen molar-refractivity contribution in [2.45, 2.75) is 64.5 Å². The summed E-state index contributed by atoms with van der Waals surface area (Å²) in [5.74, 6) is -0.843. The lowest BCUT2D eigenvalue weighted by molar-refractivity contribution is -0.140. The SMILES string of the molecule is CC(C)(O)C1CCN(c2cnc(C(F)(F)F)c(NC(=O)c3cccc(-c4cnn(COCC[Si](C)(C)C)c4)n3)c2)C1. The molecule has 0 spiro atoms. The number of nitrogens with one attached hydrogen (secondary N) is 1. The first-order chi connectivity index (χ1) is 19.1. The van der Waals surface area contributed by atoms with Gasteiger partial charge in [0.15, 0.2) is 5.69 Å². The molecule has 1 unspecified atom stereocenters. The Balaban J connectivity index is 1.49. The second-order valence-corrected chi connectivity index (χ2v) is 17.8. The van der Waals surface area contributed by atoms with Crippen LogP contribution in [-0.2, 0) is 17.6 Å². The molecule has 0 radical (unpaired) electrons. The van der Waals surface area contributed by atoms with Gasteiger partial charge < -0.3 is 20.1 Å². The molecule has 0 aliphatic carbocycles. The van der Waals surface area contributed by atoms with Crippen LogP contribution in [0.5, 0.6) is 0 Å². The molecular formula is C28H37F3N6O3Si. The van der Waals surface area contributed by atoms with Gasteiger partial charge in [0.25, 0.3) is 5.91 Å². The number of hydrogen-bond donors (Lipinski definition) is 2. The normalized spacial score (nSPS) is 16.3. The van der Waals surface area contributed by atoms with Gasteiger partial charge in [0, 0.05) is 45.4 Å². The van der Waals surface area contributed by atoms with Gasteiger partial charge in [-0.25, -0.2) is 14.6 Å². The lowest BCUT2D eigenvalue weighted by Gasteiger charge is -2.26. The quantitative estimate of drug-likeness (QED) is 0.237. The molecule has 1 aliphatic heterocycles. The van der Waals surface area contributed by atoms with Crippen LogP contribution in [0.3, 0.4) is 0 Å². The Morgan fingerprint density at radius 1 is 1.22 bits per heavy atom. The van der Waals surface area contributed by atoms with Crippen molar-refractivity contribution in [1.29, 1.82) is 0 Å². The standard InChI is InChI=1S/C28H37F3N6O3Si/c1-27(2,39)20-9-10-36(17-20)21-13-24(25(32-15-21)28(29,30)31)35-26(38)23-8-6-7-22(34-23)19-14-33-37(16-19)18-40-11-12-41(3,4)5/h6-8,13-16,20,39H,9-12,17-18H2,1-5H3,(H,35,38). The molecule has 3 aromatic rings. The number of hydrogen-bond acceptors (Lipinski definition) is 7. The highest BCUT2D eigenvalue weighted by Crippen LogP contribution is 2.37. The minimum absolute atomic E-state index is 0.0455. The van der Waals surface area contributed by atoms with Crippen LogP contribution in [-0.4, -0.2) is 64.1 Å². The van der Waals surface area contributed by atoms with E-state index in [-0.39, 0.29) is 18.3 Å². The third-order valence-electron chi connectivity index (χ3n) is 7.07. The predicted molar refractivity (Wildman–Crippen MR) is 153 cm³/mol. The average Bonchev–Trinajstić information content (AvgIpc) is 3.56. The third-order valence-corrected chi connectivity index (χ3v) is 8.78. The molecule has 4 rings (SSSR count). The van der Waals surface area contributed by atoms with Gasteiger partial charge in [-0.1, -0.05) is 25.7 Å². The molecule has 3 aromatic heterocycles. The van der Waals surface area contributed by atoms with E-state index in [0.29, 0.717) is 43.1 Å². The largest absolute Gasteiger partial charge is 0.435 e. The van der Waals surface area contributed by atoms with E-state index in [1.54, 1.807) is 43.1 Å². The Kier molecular flexibility index (Phi) is 8.90. The number of alkyl halides is 3. The number of ether oxygens (including phenoxy) is 1. The first kappa shape index (κ1) is 30.7. The highest BCUT2D eigenvalue weighted by Gasteiger charge is 2.38.